The van der Waals surface area contributed by atoms with E-state index in [-0.39, 0.29) is 6.10 Å². The molecule has 1 N–H and O–H groups in total. The van der Waals surface area contributed by atoms with Gasteiger partial charge in [0.05, 0.1) is 6.10 Å². The summed E-state index contributed by atoms with van der Waals surface area (Å²) in [6, 6.07) is 0. The maximum absolute atomic E-state index is 11.9. The van der Waals surface area contributed by atoms with Crippen LogP contribution in [0.2, 0.25) is 0 Å². The summed E-state index contributed by atoms with van der Waals surface area (Å²) >= 11 is 0. The van der Waals surface area contributed by atoms with Crippen LogP contribution in [0.5, 0.6) is 0 Å². The summed E-state index contributed by atoms with van der Waals surface area (Å²) in [6.07, 6.45) is 24.3. The van der Waals surface area contributed by atoms with Crippen molar-refractivity contribution in [2.45, 2.75) is 164 Å². The van der Waals surface area contributed by atoms with Crippen LogP contribution in [0, 0.1) is 69.0 Å². The minimum atomic E-state index is -0.0843. The van der Waals surface area contributed by atoms with Crippen LogP contribution in [0.4, 0.5) is 0 Å². The zero-order chi connectivity index (χ0) is 38.2. The summed E-state index contributed by atoms with van der Waals surface area (Å²) in [5, 5.41) is 10.1. The van der Waals surface area contributed by atoms with Gasteiger partial charge in [-0.25, -0.2) is 0 Å². The number of Topliss-reactive ketones (excluding diaryl/α,β-unsaturated/α-hetero) is 1. The lowest BCUT2D eigenvalue weighted by Crippen LogP contribution is -2.50. The molecule has 0 aromatic heterocycles. The SMILES string of the molecule is C=C(C)[C@H]1CC[C@H]2[C@@H]3CC=C4CC(=O)CC[C@]4(C)[C@H]3CC[C@]12C.C=C(C)[C@H]1CC[C@H]2[C@@H]3CC=C4C[C@@H](O)CC[C@]4(C)[C@H]3CC[C@]12C.[2H]CC.[2H]CP. The van der Waals surface area contributed by atoms with Gasteiger partial charge in [0.25, 0.3) is 0 Å². The van der Waals surface area contributed by atoms with E-state index in [1.807, 2.05) is 0 Å². The monoisotopic (exact) mass is 707 g/mol. The van der Waals surface area contributed by atoms with Crippen molar-refractivity contribution in [1.82, 2.24) is 0 Å². The number of aliphatic hydroxyl groups is 1. The number of allylic oxidation sites excluding steroid dienone is 5. The summed E-state index contributed by atoms with van der Waals surface area (Å²) in [5.41, 5.74) is 7.61. The van der Waals surface area contributed by atoms with E-state index >= 15 is 0 Å². The quantitative estimate of drug-likeness (QED) is 0.229. The molecule has 14 atom stereocenters. The average Bonchev–Trinajstić information content (AvgIpc) is 3.64. The molecule has 3 heteroatoms. The zero-order valence-corrected chi connectivity index (χ0v) is 34.6. The average molecular weight is 707 g/mol. The van der Waals surface area contributed by atoms with Crippen LogP contribution >= 0.6 is 9.24 Å². The molecule has 8 rings (SSSR count). The minimum absolute atomic E-state index is 0.0843. The summed E-state index contributed by atoms with van der Waals surface area (Å²) in [5.74, 6) is 7.12. The molecule has 6 saturated carbocycles. The highest BCUT2D eigenvalue weighted by molar-refractivity contribution is 7.15. The smallest absolute Gasteiger partial charge is 0.136 e. The molecule has 0 amide bonds. The van der Waals surface area contributed by atoms with Gasteiger partial charge in [-0.15, -0.1) is 9.24 Å². The van der Waals surface area contributed by atoms with Crippen LogP contribution in [0.1, 0.15) is 161 Å². The van der Waals surface area contributed by atoms with Gasteiger partial charge in [-0.2, -0.15) is 0 Å². The summed E-state index contributed by atoms with van der Waals surface area (Å²) in [6.45, 7) is 26.0. The van der Waals surface area contributed by atoms with Crippen LogP contribution < -0.4 is 0 Å². The topological polar surface area (TPSA) is 37.3 Å². The van der Waals surface area contributed by atoms with Gasteiger partial charge < -0.3 is 5.11 Å². The maximum atomic E-state index is 11.9. The van der Waals surface area contributed by atoms with E-state index in [0.717, 1.165) is 79.4 Å². The lowest BCUT2D eigenvalue weighted by atomic mass is 9.47. The molecule has 8 aliphatic rings. The van der Waals surface area contributed by atoms with Gasteiger partial charge in [-0.1, -0.05) is 95.8 Å². The summed E-state index contributed by atoms with van der Waals surface area (Å²) in [4.78, 5) is 11.9. The number of carbonyl (C=O) groups is 1. The van der Waals surface area contributed by atoms with E-state index in [0.29, 0.717) is 41.0 Å². The number of rotatable bonds is 2. The Kier molecular flexibility index (Phi) is 11.5. The number of aliphatic hydroxyl groups excluding tert-OH is 1. The number of carbonyl (C=O) groups excluding carboxylic acids is 1. The highest BCUT2D eigenvalue weighted by atomic mass is 31.0. The Morgan fingerprint density at radius 1 is 0.760 bits per heavy atom. The third kappa shape index (κ3) is 6.58. The Bertz CT molecular complexity index is 1380. The number of ketones is 1. The molecule has 0 saturated heterocycles. The van der Waals surface area contributed by atoms with Crippen LogP contribution in [-0.4, -0.2) is 23.6 Å². The zero-order valence-electron chi connectivity index (χ0n) is 35.4. The third-order valence-electron chi connectivity index (χ3n) is 17.2. The Balaban J connectivity index is 0.000000175. The van der Waals surface area contributed by atoms with Crippen LogP contribution in [0.25, 0.3) is 0 Å². The predicted octanol–water partition coefficient (Wildman–Crippen LogP) is 12.7. The standard InChI is InChI=1S/C22H34O.C22H32O.C2H6.CH5P/c2*1-14(2)18-7-8-19-17-6-5-15-13-16(23)9-11-21(15,3)20(17)10-12-22(18,19)4;2*1-2/h5,16-20,23H,1,6-13H2,2-4H3;5,17-20H,1,6-13H2,2-4H3;1-2H3;2H2,1H3/t16-,17-,18+,19-,20-,21-,22+;17-,18+,19-,20-,21-,22+;;/m00../s1/i;;2*1D. The van der Waals surface area contributed by atoms with E-state index in [9.17, 15) is 9.90 Å². The maximum Gasteiger partial charge on any atom is 0.136 e. The lowest BCUT2D eigenvalue weighted by Gasteiger charge is -2.58. The van der Waals surface area contributed by atoms with Gasteiger partial charge in [0.15, 0.2) is 0 Å². The van der Waals surface area contributed by atoms with Gasteiger partial charge in [0, 0.05) is 15.6 Å². The van der Waals surface area contributed by atoms with Gasteiger partial charge in [-0.3, -0.25) is 4.79 Å². The van der Waals surface area contributed by atoms with Crippen LogP contribution in [0.3, 0.4) is 0 Å². The normalized spacial score (nSPS) is 47.3. The molecule has 50 heavy (non-hydrogen) atoms. The Labute approximate surface area is 314 Å². The molecule has 1 unspecified atom stereocenters. The largest absolute Gasteiger partial charge is 0.393 e. The van der Waals surface area contributed by atoms with Gasteiger partial charge in [0.2, 0.25) is 0 Å². The number of fused-ring (bicyclic) bond motifs is 10. The van der Waals surface area contributed by atoms with E-state index in [1.165, 1.54) is 87.3 Å². The summed E-state index contributed by atoms with van der Waals surface area (Å²) in [7, 11) is 2.25. The fourth-order valence-corrected chi connectivity index (χ4v) is 14.7. The molecule has 0 aliphatic heterocycles. The van der Waals surface area contributed by atoms with E-state index < -0.39 is 0 Å². The molecule has 0 bridgehead atoms. The van der Waals surface area contributed by atoms with Crippen LogP contribution in [-0.2, 0) is 4.79 Å². The second-order valence-corrected chi connectivity index (χ2v) is 19.2. The fraction of sp³-hybridized carbons (Fsp3) is 0.809. The molecule has 0 aromatic rings. The van der Waals surface area contributed by atoms with Crippen LogP contribution in [0.15, 0.2) is 47.6 Å². The molecular weight excluding hydrogens is 627 g/mol. The lowest BCUT2D eigenvalue weighted by molar-refractivity contribution is -0.122. The number of hydrogen-bond acceptors (Lipinski definition) is 2. The first kappa shape index (κ1) is 37.3. The molecule has 2 nitrogen and oxygen atoms in total. The molecule has 0 radical (unpaired) electrons. The van der Waals surface area contributed by atoms with Gasteiger partial charge in [0.1, 0.15) is 5.78 Å². The third-order valence-corrected chi connectivity index (χ3v) is 17.2. The summed E-state index contributed by atoms with van der Waals surface area (Å²) < 4.78 is 12.4. The molecule has 282 valence electrons. The van der Waals surface area contributed by atoms with Crippen molar-refractivity contribution < 1.29 is 12.6 Å². The first-order valence-electron chi connectivity index (χ1n) is 22.1. The molecule has 0 heterocycles. The van der Waals surface area contributed by atoms with Gasteiger partial charge in [-0.05, 0) is 173 Å². The van der Waals surface area contributed by atoms with Crippen molar-refractivity contribution in [2.75, 3.05) is 6.64 Å². The minimum Gasteiger partial charge on any atom is -0.393 e. The molecule has 6 fully saturated rings. The van der Waals surface area contributed by atoms with E-state index in [1.54, 1.807) is 12.5 Å². The van der Waals surface area contributed by atoms with Gasteiger partial charge >= 0.3 is 0 Å². The van der Waals surface area contributed by atoms with Crippen molar-refractivity contribution in [3.63, 3.8) is 0 Å². The van der Waals surface area contributed by atoms with Crippen molar-refractivity contribution in [3.05, 3.63) is 47.6 Å². The fourth-order valence-electron chi connectivity index (χ4n) is 14.7. The van der Waals surface area contributed by atoms with Crippen molar-refractivity contribution >= 4 is 15.0 Å². The predicted molar refractivity (Wildman–Crippen MR) is 218 cm³/mol. The van der Waals surface area contributed by atoms with E-state index in [4.69, 9.17) is 2.74 Å². The Hall–Kier alpha value is -0.980. The Morgan fingerprint density at radius 3 is 1.70 bits per heavy atom. The highest BCUT2D eigenvalue weighted by Crippen LogP contribution is 2.68. The second kappa shape index (κ2) is 15.4. The molecule has 0 spiro atoms. The first-order valence-corrected chi connectivity index (χ1v) is 21.5. The van der Waals surface area contributed by atoms with Crippen molar-refractivity contribution in [2.24, 2.45) is 69.0 Å². The molecule has 8 aliphatic carbocycles. The van der Waals surface area contributed by atoms with Crippen molar-refractivity contribution in [3.8, 4) is 0 Å². The number of hydrogen-bond donors (Lipinski definition) is 1. The highest BCUT2D eigenvalue weighted by Gasteiger charge is 2.60. The second-order valence-electron chi connectivity index (χ2n) is 19.2. The van der Waals surface area contributed by atoms with Crippen molar-refractivity contribution in [1.29, 1.82) is 0 Å². The van der Waals surface area contributed by atoms with E-state index in [2.05, 4.69) is 76.1 Å². The Morgan fingerprint density at radius 2 is 1.22 bits per heavy atom. The molecule has 0 aromatic carbocycles. The molecular formula is C47H77O2P. The first-order chi connectivity index (χ1) is 24.5.